The van der Waals surface area contributed by atoms with Gasteiger partial charge in [0.05, 0.1) is 30.8 Å². The van der Waals surface area contributed by atoms with E-state index in [0.717, 1.165) is 79.4 Å². The van der Waals surface area contributed by atoms with Crippen molar-refractivity contribution in [2.45, 2.75) is 12.6 Å². The van der Waals surface area contributed by atoms with Gasteiger partial charge in [0.25, 0.3) is 0 Å². The lowest BCUT2D eigenvalue weighted by atomic mass is 10.1. The van der Waals surface area contributed by atoms with Crippen molar-refractivity contribution < 1.29 is 9.84 Å². The number of methoxy groups -OCH3 is 1. The van der Waals surface area contributed by atoms with E-state index in [9.17, 15) is 5.11 Å². The van der Waals surface area contributed by atoms with E-state index < -0.39 is 0 Å². The number of hydrogen-bond acceptors (Lipinski definition) is 8. The summed E-state index contributed by atoms with van der Waals surface area (Å²) in [6, 6.07) is 17.9. The van der Waals surface area contributed by atoms with Gasteiger partial charge in [0, 0.05) is 51.4 Å². The number of fused-ring (bicyclic) bond motifs is 1. The van der Waals surface area contributed by atoms with Gasteiger partial charge < -0.3 is 30.8 Å². The maximum absolute atomic E-state index is 9.99. The van der Waals surface area contributed by atoms with E-state index in [2.05, 4.69) is 54.0 Å². The summed E-state index contributed by atoms with van der Waals surface area (Å²) >= 11 is 0. The Morgan fingerprint density at radius 1 is 1.08 bits per heavy atom. The zero-order valence-corrected chi connectivity index (χ0v) is 21.2. The van der Waals surface area contributed by atoms with E-state index in [1.807, 2.05) is 36.4 Å². The van der Waals surface area contributed by atoms with Crippen LogP contribution in [0.25, 0.3) is 22.3 Å². The Balaban J connectivity index is 1.30. The molecule has 194 valence electrons. The number of rotatable bonds is 11. The molecule has 37 heavy (non-hydrogen) atoms. The van der Waals surface area contributed by atoms with Crippen LogP contribution in [0.1, 0.15) is 17.2 Å². The summed E-state index contributed by atoms with van der Waals surface area (Å²) in [4.78, 5) is 14.8. The Morgan fingerprint density at radius 3 is 2.70 bits per heavy atom. The van der Waals surface area contributed by atoms with Crippen LogP contribution in [0, 0.1) is 0 Å². The molecule has 2 aromatic heterocycles. The van der Waals surface area contributed by atoms with E-state index in [1.165, 1.54) is 11.9 Å². The summed E-state index contributed by atoms with van der Waals surface area (Å²) in [7, 11) is 1.70. The number of benzene rings is 2. The van der Waals surface area contributed by atoms with Crippen LogP contribution in [-0.2, 0) is 6.54 Å². The molecule has 1 fully saturated rings. The predicted molar refractivity (Wildman–Crippen MR) is 147 cm³/mol. The monoisotopic (exact) mass is 501 g/mol. The Kier molecular flexibility index (Phi) is 8.27. The fourth-order valence-corrected chi connectivity index (χ4v) is 4.76. The molecular weight excluding hydrogens is 466 g/mol. The maximum Gasteiger partial charge on any atom is 0.143 e. The lowest BCUT2D eigenvalue weighted by Crippen LogP contribution is -2.45. The number of aromatic nitrogens is 3. The molecule has 0 unspecified atom stereocenters. The van der Waals surface area contributed by atoms with Gasteiger partial charge in [0.15, 0.2) is 0 Å². The smallest absolute Gasteiger partial charge is 0.143 e. The standard InChI is InChI=1S/C28H35N7O2/c1-37-26-15-20(17-30-11-14-35-12-9-29-10-13-35)7-8-22(26)24-16-23-27(33-24)31-19-32-28(23)34-25(18-36)21-5-3-2-4-6-21/h2-8,15-16,19,25,29-30,36H,9-14,17-18H2,1H3,(H2,31,32,33,34)/t25-/m1/s1. The molecule has 0 amide bonds. The molecule has 5 N–H and O–H groups in total. The number of aliphatic hydroxyl groups is 1. The topological polar surface area (TPSA) is 110 Å². The van der Waals surface area contributed by atoms with E-state index in [4.69, 9.17) is 4.74 Å². The molecule has 2 aromatic carbocycles. The molecule has 0 radical (unpaired) electrons. The number of H-pyrrole nitrogens is 1. The van der Waals surface area contributed by atoms with Gasteiger partial charge in [-0.05, 0) is 29.3 Å². The predicted octanol–water partition coefficient (Wildman–Crippen LogP) is 2.77. The van der Waals surface area contributed by atoms with Gasteiger partial charge in [-0.15, -0.1) is 0 Å². The summed E-state index contributed by atoms with van der Waals surface area (Å²) in [6.45, 7) is 7.13. The van der Waals surface area contributed by atoms with Gasteiger partial charge in [0.1, 0.15) is 23.5 Å². The molecule has 1 aliphatic heterocycles. The average Bonchev–Trinajstić information content (AvgIpc) is 3.40. The first kappa shape index (κ1) is 25.2. The minimum Gasteiger partial charge on any atom is -0.496 e. The molecule has 0 saturated carbocycles. The molecule has 0 aliphatic carbocycles. The summed E-state index contributed by atoms with van der Waals surface area (Å²) < 4.78 is 5.76. The van der Waals surface area contributed by atoms with Crippen LogP contribution in [-0.4, -0.2) is 77.9 Å². The fraction of sp³-hybridized carbons (Fsp3) is 0.357. The minimum atomic E-state index is -0.273. The number of aromatic amines is 1. The minimum absolute atomic E-state index is 0.0502. The van der Waals surface area contributed by atoms with Crippen molar-refractivity contribution in [1.82, 2.24) is 30.5 Å². The fourth-order valence-electron chi connectivity index (χ4n) is 4.76. The van der Waals surface area contributed by atoms with Crippen molar-refractivity contribution in [2.75, 3.05) is 58.3 Å². The van der Waals surface area contributed by atoms with Crippen molar-refractivity contribution in [3.63, 3.8) is 0 Å². The molecule has 3 heterocycles. The number of ether oxygens (including phenoxy) is 1. The second-order valence-corrected chi connectivity index (χ2v) is 9.26. The number of anilines is 1. The van der Waals surface area contributed by atoms with Gasteiger partial charge in [-0.2, -0.15) is 0 Å². The third-order valence-electron chi connectivity index (χ3n) is 6.82. The highest BCUT2D eigenvalue weighted by atomic mass is 16.5. The highest BCUT2D eigenvalue weighted by Gasteiger charge is 2.17. The molecule has 1 saturated heterocycles. The number of nitrogens with zero attached hydrogens (tertiary/aromatic N) is 3. The summed E-state index contributed by atoms with van der Waals surface area (Å²) in [5, 5.41) is 21.2. The van der Waals surface area contributed by atoms with Crippen LogP contribution in [0.15, 0.2) is 60.9 Å². The Labute approximate surface area is 217 Å². The van der Waals surface area contributed by atoms with Gasteiger partial charge in [0.2, 0.25) is 0 Å². The molecule has 5 rings (SSSR count). The summed E-state index contributed by atoms with van der Waals surface area (Å²) in [6.07, 6.45) is 1.52. The Morgan fingerprint density at radius 2 is 1.92 bits per heavy atom. The van der Waals surface area contributed by atoms with Gasteiger partial charge >= 0.3 is 0 Å². The van der Waals surface area contributed by atoms with Crippen LogP contribution in [0.5, 0.6) is 5.75 Å². The van der Waals surface area contributed by atoms with E-state index in [-0.39, 0.29) is 12.6 Å². The van der Waals surface area contributed by atoms with Crippen molar-refractivity contribution >= 4 is 16.9 Å². The lowest BCUT2D eigenvalue weighted by molar-refractivity contribution is 0.241. The zero-order valence-electron chi connectivity index (χ0n) is 21.2. The Bertz CT molecular complexity index is 1290. The van der Waals surface area contributed by atoms with Gasteiger partial charge in [-0.3, -0.25) is 4.90 Å². The molecule has 9 nitrogen and oxygen atoms in total. The largest absolute Gasteiger partial charge is 0.496 e. The molecule has 9 heteroatoms. The number of piperazine rings is 1. The summed E-state index contributed by atoms with van der Waals surface area (Å²) in [5.74, 6) is 1.47. The highest BCUT2D eigenvalue weighted by Crippen LogP contribution is 2.34. The second-order valence-electron chi connectivity index (χ2n) is 9.26. The quantitative estimate of drug-likeness (QED) is 0.200. The van der Waals surface area contributed by atoms with Gasteiger partial charge in [-0.25, -0.2) is 9.97 Å². The number of aliphatic hydroxyl groups excluding tert-OH is 1. The van der Waals surface area contributed by atoms with Crippen LogP contribution in [0.2, 0.25) is 0 Å². The molecule has 1 atom stereocenters. The third kappa shape index (κ3) is 6.08. The average molecular weight is 502 g/mol. The van der Waals surface area contributed by atoms with E-state index >= 15 is 0 Å². The van der Waals surface area contributed by atoms with E-state index in [1.54, 1.807) is 7.11 Å². The first-order valence-electron chi connectivity index (χ1n) is 12.8. The molecule has 0 spiro atoms. The van der Waals surface area contributed by atoms with Crippen molar-refractivity contribution in [3.05, 3.63) is 72.1 Å². The summed E-state index contributed by atoms with van der Waals surface area (Å²) in [5.41, 5.74) is 4.74. The SMILES string of the molecule is COc1cc(CNCCN2CCNCC2)ccc1-c1cc2c(N[C@H](CO)c3ccccc3)ncnc2[nH]1. The van der Waals surface area contributed by atoms with Gasteiger partial charge in [-0.1, -0.05) is 36.4 Å². The maximum atomic E-state index is 9.99. The van der Waals surface area contributed by atoms with Crippen LogP contribution in [0.4, 0.5) is 5.82 Å². The van der Waals surface area contributed by atoms with Crippen molar-refractivity contribution in [3.8, 4) is 17.0 Å². The number of hydrogen-bond donors (Lipinski definition) is 5. The Hall–Kier alpha value is -3.50. The number of nitrogens with one attached hydrogen (secondary N) is 4. The van der Waals surface area contributed by atoms with Crippen molar-refractivity contribution in [1.29, 1.82) is 0 Å². The first-order chi connectivity index (χ1) is 18.2. The third-order valence-corrected chi connectivity index (χ3v) is 6.82. The van der Waals surface area contributed by atoms with Crippen LogP contribution >= 0.6 is 0 Å². The van der Waals surface area contributed by atoms with Crippen LogP contribution in [0.3, 0.4) is 0 Å². The molecule has 4 aromatic rings. The molecular formula is C28H35N7O2. The molecule has 1 aliphatic rings. The highest BCUT2D eigenvalue weighted by molar-refractivity contribution is 5.92. The first-order valence-corrected chi connectivity index (χ1v) is 12.8. The lowest BCUT2D eigenvalue weighted by Gasteiger charge is -2.27. The van der Waals surface area contributed by atoms with E-state index in [0.29, 0.717) is 5.82 Å². The van der Waals surface area contributed by atoms with Crippen molar-refractivity contribution in [2.24, 2.45) is 0 Å². The van der Waals surface area contributed by atoms with Crippen LogP contribution < -0.4 is 20.7 Å². The zero-order chi connectivity index (χ0) is 25.5. The second kappa shape index (κ2) is 12.2. The molecule has 0 bridgehead atoms. The normalized spacial score (nSPS) is 15.1.